The van der Waals surface area contributed by atoms with Crippen LogP contribution in [0.15, 0.2) is 69.6 Å². The number of carbonyl (C=O) groups excluding carboxylic acids is 2. The highest BCUT2D eigenvalue weighted by molar-refractivity contribution is 9.11. The zero-order valence-corrected chi connectivity index (χ0v) is 23.6. The van der Waals surface area contributed by atoms with E-state index in [0.29, 0.717) is 11.4 Å². The smallest absolute Gasteiger partial charge is 0.259 e. The second kappa shape index (κ2) is 10.0. The van der Waals surface area contributed by atoms with Gasteiger partial charge in [-0.1, -0.05) is 66.7 Å². The highest BCUT2D eigenvalue weighted by Crippen LogP contribution is 2.73. The van der Waals surface area contributed by atoms with Crippen molar-refractivity contribution in [3.63, 3.8) is 0 Å². The Kier molecular flexibility index (Phi) is 7.56. The Bertz CT molecular complexity index is 1290. The van der Waals surface area contributed by atoms with E-state index in [4.69, 9.17) is 34.8 Å². The normalized spacial score (nSPS) is 20.3. The first kappa shape index (κ1) is 26.4. The SMILES string of the molecule is CN(C(=O)c1cc(NCC2(C=O)C(c3cc(Br)cc(Br)c3)C2(Cl)Cl)ccc1Cl)c1ccc(F)cc1. The third-order valence-corrected chi connectivity index (χ3v) is 8.53. The minimum Gasteiger partial charge on any atom is -0.384 e. The lowest BCUT2D eigenvalue weighted by molar-refractivity contribution is -0.112. The number of nitrogens with zero attached hydrogens (tertiary/aromatic N) is 1. The second-order valence-corrected chi connectivity index (χ2v) is 11.9. The molecule has 0 bridgehead atoms. The molecule has 1 amide bonds. The van der Waals surface area contributed by atoms with Gasteiger partial charge in [-0.3, -0.25) is 4.79 Å². The van der Waals surface area contributed by atoms with Crippen molar-refractivity contribution in [3.8, 4) is 0 Å². The molecular formula is C25H18Br2Cl3FN2O2. The lowest BCUT2D eigenvalue weighted by Crippen LogP contribution is -2.27. The number of hydrogen-bond donors (Lipinski definition) is 1. The van der Waals surface area contributed by atoms with Crippen molar-refractivity contribution in [1.29, 1.82) is 0 Å². The number of anilines is 2. The minimum atomic E-state index is -1.31. The van der Waals surface area contributed by atoms with Crippen LogP contribution in [0.1, 0.15) is 21.8 Å². The summed E-state index contributed by atoms with van der Waals surface area (Å²) >= 11 is 26.5. The van der Waals surface area contributed by atoms with E-state index in [1.54, 1.807) is 25.2 Å². The average molecular weight is 664 g/mol. The fraction of sp³-hybridized carbons (Fsp3) is 0.200. The molecule has 4 nitrogen and oxygen atoms in total. The molecule has 3 aromatic rings. The van der Waals surface area contributed by atoms with Crippen molar-refractivity contribution in [2.45, 2.75) is 10.3 Å². The molecule has 35 heavy (non-hydrogen) atoms. The lowest BCUT2D eigenvalue weighted by atomic mass is 10.00. The molecule has 2 atom stereocenters. The van der Waals surface area contributed by atoms with Gasteiger partial charge in [0, 0.05) is 39.8 Å². The van der Waals surface area contributed by atoms with Gasteiger partial charge in [0.1, 0.15) is 16.4 Å². The van der Waals surface area contributed by atoms with Gasteiger partial charge in [0.05, 0.1) is 16.0 Å². The topological polar surface area (TPSA) is 49.4 Å². The van der Waals surface area contributed by atoms with Crippen LogP contribution in [0.4, 0.5) is 15.8 Å². The molecule has 0 aromatic heterocycles. The van der Waals surface area contributed by atoms with Crippen LogP contribution in [0.2, 0.25) is 5.02 Å². The number of hydrogen-bond acceptors (Lipinski definition) is 3. The Hall–Kier alpha value is -1.64. The van der Waals surface area contributed by atoms with Gasteiger partial charge in [0.25, 0.3) is 5.91 Å². The molecule has 1 N–H and O–H groups in total. The molecule has 1 saturated carbocycles. The number of halogens is 6. The number of amides is 1. The van der Waals surface area contributed by atoms with E-state index in [9.17, 15) is 14.0 Å². The van der Waals surface area contributed by atoms with Crippen LogP contribution in [0, 0.1) is 11.2 Å². The van der Waals surface area contributed by atoms with Gasteiger partial charge in [-0.15, -0.1) is 0 Å². The van der Waals surface area contributed by atoms with Crippen molar-refractivity contribution in [2.24, 2.45) is 5.41 Å². The van der Waals surface area contributed by atoms with E-state index in [1.807, 2.05) is 18.2 Å². The van der Waals surface area contributed by atoms with Crippen molar-refractivity contribution in [1.82, 2.24) is 0 Å². The summed E-state index contributed by atoms with van der Waals surface area (Å²) in [6.07, 6.45) is 0.782. The fourth-order valence-corrected chi connectivity index (χ4v) is 6.64. The molecule has 0 saturated heterocycles. The van der Waals surface area contributed by atoms with Gasteiger partial charge in [0.2, 0.25) is 0 Å². The molecule has 1 aliphatic rings. The third kappa shape index (κ3) is 4.98. The molecule has 1 aliphatic carbocycles. The quantitative estimate of drug-likeness (QED) is 0.207. The number of benzene rings is 3. The lowest BCUT2D eigenvalue weighted by Gasteiger charge is -2.19. The van der Waals surface area contributed by atoms with Gasteiger partial charge in [-0.2, -0.15) is 0 Å². The summed E-state index contributed by atoms with van der Waals surface area (Å²) in [5, 5.41) is 3.45. The Balaban J connectivity index is 1.56. The molecule has 3 aromatic carbocycles. The summed E-state index contributed by atoms with van der Waals surface area (Å²) in [6, 6.07) is 16.1. The van der Waals surface area contributed by atoms with Gasteiger partial charge in [-0.05, 0) is 66.2 Å². The average Bonchev–Trinajstić information content (AvgIpc) is 3.32. The fourth-order valence-electron chi connectivity index (χ4n) is 4.14. The number of nitrogens with one attached hydrogen (secondary N) is 1. The second-order valence-electron chi connectivity index (χ2n) is 8.31. The van der Waals surface area contributed by atoms with E-state index >= 15 is 0 Å². The van der Waals surface area contributed by atoms with Crippen molar-refractivity contribution in [2.75, 3.05) is 23.8 Å². The largest absolute Gasteiger partial charge is 0.384 e. The van der Waals surface area contributed by atoms with Crippen LogP contribution >= 0.6 is 66.7 Å². The summed E-state index contributed by atoms with van der Waals surface area (Å²) in [6.45, 7) is 0.140. The monoisotopic (exact) mass is 660 g/mol. The van der Waals surface area contributed by atoms with Crippen LogP contribution in [0.3, 0.4) is 0 Å². The Morgan fingerprint density at radius 3 is 2.31 bits per heavy atom. The van der Waals surface area contributed by atoms with Crippen molar-refractivity contribution >= 4 is 90.2 Å². The predicted octanol–water partition coefficient (Wildman–Crippen LogP) is 7.85. The highest BCUT2D eigenvalue weighted by Gasteiger charge is 2.76. The van der Waals surface area contributed by atoms with Crippen LogP contribution in [0.5, 0.6) is 0 Å². The van der Waals surface area contributed by atoms with Crippen molar-refractivity contribution < 1.29 is 14.0 Å². The molecule has 0 spiro atoms. The number of alkyl halides is 2. The molecule has 0 radical (unpaired) electrons. The zero-order valence-electron chi connectivity index (χ0n) is 18.2. The Morgan fingerprint density at radius 1 is 1.09 bits per heavy atom. The molecule has 182 valence electrons. The molecular weight excluding hydrogens is 645 g/mol. The number of carbonyl (C=O) groups is 2. The Morgan fingerprint density at radius 2 is 1.71 bits per heavy atom. The standard InChI is InChI=1S/C25H18Br2Cl3FN2O2/c1-33(19-5-2-17(31)3-6-19)23(35)20-11-18(4-7-21(20)28)32-12-24(13-34)22(25(24,29)30)14-8-15(26)10-16(27)9-14/h2-11,13,22,32H,12H2,1H3. The first-order valence-corrected chi connectivity index (χ1v) is 13.1. The van der Waals surface area contributed by atoms with Gasteiger partial charge >= 0.3 is 0 Å². The van der Waals surface area contributed by atoms with Crippen LogP contribution in [-0.2, 0) is 4.79 Å². The third-order valence-electron chi connectivity index (χ3n) is 6.14. The summed E-state index contributed by atoms with van der Waals surface area (Å²) in [5.41, 5.74) is 1.07. The minimum absolute atomic E-state index is 0.140. The number of aldehydes is 1. The van der Waals surface area contributed by atoms with Gasteiger partial charge in [-0.25, -0.2) is 4.39 Å². The maximum atomic E-state index is 13.3. The summed E-state index contributed by atoms with van der Waals surface area (Å²) in [5.74, 6) is -1.20. The molecule has 1 fully saturated rings. The van der Waals surface area contributed by atoms with E-state index in [0.717, 1.165) is 20.8 Å². The molecule has 10 heteroatoms. The molecule has 4 rings (SSSR count). The van der Waals surface area contributed by atoms with Crippen LogP contribution in [0.25, 0.3) is 0 Å². The van der Waals surface area contributed by atoms with Gasteiger partial charge < -0.3 is 15.0 Å². The van der Waals surface area contributed by atoms with Crippen molar-refractivity contribution in [3.05, 3.63) is 91.6 Å². The summed E-state index contributed by atoms with van der Waals surface area (Å²) in [4.78, 5) is 26.7. The highest BCUT2D eigenvalue weighted by atomic mass is 79.9. The molecule has 0 heterocycles. The summed E-state index contributed by atoms with van der Waals surface area (Å²) < 4.78 is 13.6. The maximum absolute atomic E-state index is 13.3. The molecule has 0 aliphatic heterocycles. The van der Waals surface area contributed by atoms with E-state index in [2.05, 4.69) is 37.2 Å². The zero-order chi connectivity index (χ0) is 25.5. The van der Waals surface area contributed by atoms with E-state index in [1.165, 1.54) is 29.2 Å². The first-order valence-electron chi connectivity index (χ1n) is 10.4. The number of rotatable bonds is 7. The van der Waals surface area contributed by atoms with E-state index in [-0.39, 0.29) is 23.0 Å². The first-order chi connectivity index (χ1) is 16.5. The van der Waals surface area contributed by atoms with E-state index < -0.39 is 21.5 Å². The maximum Gasteiger partial charge on any atom is 0.259 e. The van der Waals surface area contributed by atoms with Crippen LogP contribution in [-0.4, -0.2) is 30.1 Å². The van der Waals surface area contributed by atoms with Gasteiger partial charge in [0.15, 0.2) is 0 Å². The predicted molar refractivity (Wildman–Crippen MR) is 147 cm³/mol. The Labute approximate surface area is 234 Å². The van der Waals surface area contributed by atoms with Crippen LogP contribution < -0.4 is 10.2 Å². The molecule has 2 unspecified atom stereocenters. The summed E-state index contributed by atoms with van der Waals surface area (Å²) in [7, 11) is 1.58.